The molecule has 0 unspecified atom stereocenters. The third-order valence-corrected chi connectivity index (χ3v) is 3.85. The second kappa shape index (κ2) is 6.08. The van der Waals surface area contributed by atoms with Gasteiger partial charge in [-0.3, -0.25) is 0 Å². The maximum absolute atomic E-state index is 2.51. The molecule has 0 radical (unpaired) electrons. The quantitative estimate of drug-likeness (QED) is 0.556. The van der Waals surface area contributed by atoms with Crippen LogP contribution in [-0.4, -0.2) is 0 Å². The fourth-order valence-electron chi connectivity index (χ4n) is 2.80. The summed E-state index contributed by atoms with van der Waals surface area (Å²) < 4.78 is 0. The van der Waals surface area contributed by atoms with Crippen molar-refractivity contribution >= 4 is 0 Å². The average Bonchev–Trinajstić information content (AvgIpc) is 2.71. The molecule has 2 aliphatic carbocycles. The summed E-state index contributed by atoms with van der Waals surface area (Å²) in [5.74, 6) is 0. The van der Waals surface area contributed by atoms with Crippen molar-refractivity contribution in [3.8, 4) is 0 Å². The van der Waals surface area contributed by atoms with Crippen LogP contribution in [0.1, 0.15) is 64.7 Å². The maximum Gasteiger partial charge on any atom is -0.0276 e. The number of hydrogen-bond acceptors (Lipinski definition) is 0. The molecule has 2 rings (SSSR count). The molecule has 0 aromatic carbocycles. The van der Waals surface area contributed by atoms with E-state index in [-0.39, 0.29) is 0 Å². The smallest absolute Gasteiger partial charge is 0.0276 e. The molecule has 0 aromatic rings. The molecule has 2 aliphatic rings. The minimum atomic E-state index is 1.28. The van der Waals surface area contributed by atoms with E-state index in [4.69, 9.17) is 0 Å². The van der Waals surface area contributed by atoms with E-state index in [2.05, 4.69) is 25.2 Å². The van der Waals surface area contributed by atoms with Gasteiger partial charge in [0.15, 0.2) is 0 Å². The molecule has 0 nitrogen and oxygen atoms in total. The van der Waals surface area contributed by atoms with Gasteiger partial charge in [0.25, 0.3) is 0 Å². The molecule has 0 saturated carbocycles. The SMILES string of the molecule is CC=C1C=C(C2=CCCCCC2)CCCC1. The third kappa shape index (κ3) is 3.10. The standard InChI is InChI=1S/C16H24/c1-2-14-9-7-8-12-16(13-14)15-10-5-3-4-6-11-15/h2,10,13H,3-9,11-12H2,1H3. The van der Waals surface area contributed by atoms with Gasteiger partial charge >= 0.3 is 0 Å². The van der Waals surface area contributed by atoms with Gasteiger partial charge in [-0.15, -0.1) is 0 Å². The summed E-state index contributed by atoms with van der Waals surface area (Å²) in [5, 5.41) is 0. The van der Waals surface area contributed by atoms with Gasteiger partial charge in [0.05, 0.1) is 0 Å². The first-order chi connectivity index (χ1) is 7.90. The van der Waals surface area contributed by atoms with Gasteiger partial charge in [-0.2, -0.15) is 0 Å². The highest BCUT2D eigenvalue weighted by Gasteiger charge is 2.11. The molecule has 0 N–H and O–H groups in total. The summed E-state index contributed by atoms with van der Waals surface area (Å²) in [6, 6.07) is 0. The van der Waals surface area contributed by atoms with Gasteiger partial charge in [0.1, 0.15) is 0 Å². The monoisotopic (exact) mass is 216 g/mol. The zero-order chi connectivity index (χ0) is 11.2. The Morgan fingerprint density at radius 2 is 1.62 bits per heavy atom. The van der Waals surface area contributed by atoms with Gasteiger partial charge in [-0.05, 0) is 69.4 Å². The molecular weight excluding hydrogens is 192 g/mol. The van der Waals surface area contributed by atoms with Crippen LogP contribution >= 0.6 is 0 Å². The summed E-state index contributed by atoms with van der Waals surface area (Å²) in [6.07, 6.45) is 19.5. The van der Waals surface area contributed by atoms with Gasteiger partial charge in [0.2, 0.25) is 0 Å². The second-order valence-corrected chi connectivity index (χ2v) is 5.07. The lowest BCUT2D eigenvalue weighted by Crippen LogP contribution is -1.89. The van der Waals surface area contributed by atoms with Crippen LogP contribution in [0.15, 0.2) is 34.9 Å². The number of allylic oxidation sites excluding steroid dienone is 6. The van der Waals surface area contributed by atoms with Crippen LogP contribution in [0.3, 0.4) is 0 Å². The lowest BCUT2D eigenvalue weighted by molar-refractivity contribution is 0.706. The average molecular weight is 216 g/mol. The molecule has 0 saturated heterocycles. The maximum atomic E-state index is 2.51. The zero-order valence-corrected chi connectivity index (χ0v) is 10.6. The number of hydrogen-bond donors (Lipinski definition) is 0. The van der Waals surface area contributed by atoms with E-state index in [0.29, 0.717) is 0 Å². The van der Waals surface area contributed by atoms with Crippen LogP contribution in [0.4, 0.5) is 0 Å². The minimum Gasteiger partial charge on any atom is -0.0844 e. The van der Waals surface area contributed by atoms with Crippen molar-refractivity contribution in [2.45, 2.75) is 64.7 Å². The Hall–Kier alpha value is -0.780. The summed E-state index contributed by atoms with van der Waals surface area (Å²) in [4.78, 5) is 0. The van der Waals surface area contributed by atoms with Crippen molar-refractivity contribution in [2.75, 3.05) is 0 Å². The lowest BCUT2D eigenvalue weighted by Gasteiger charge is -2.09. The largest absolute Gasteiger partial charge is 0.0844 e. The number of rotatable bonds is 1. The van der Waals surface area contributed by atoms with Gasteiger partial charge < -0.3 is 0 Å². The third-order valence-electron chi connectivity index (χ3n) is 3.85. The predicted molar refractivity (Wildman–Crippen MR) is 71.5 cm³/mol. The Morgan fingerprint density at radius 3 is 2.50 bits per heavy atom. The topological polar surface area (TPSA) is 0 Å². The molecule has 0 aromatic heterocycles. The summed E-state index contributed by atoms with van der Waals surface area (Å²) in [7, 11) is 0. The molecule has 0 bridgehead atoms. The van der Waals surface area contributed by atoms with Crippen molar-refractivity contribution in [2.24, 2.45) is 0 Å². The van der Waals surface area contributed by atoms with Crippen molar-refractivity contribution < 1.29 is 0 Å². The van der Waals surface area contributed by atoms with Crippen molar-refractivity contribution in [3.63, 3.8) is 0 Å². The minimum absolute atomic E-state index is 1.28. The Kier molecular flexibility index (Phi) is 4.44. The highest BCUT2D eigenvalue weighted by molar-refractivity contribution is 5.38. The first-order valence-electron chi connectivity index (χ1n) is 6.95. The van der Waals surface area contributed by atoms with Crippen molar-refractivity contribution in [1.29, 1.82) is 0 Å². The Bertz CT molecular complexity index is 315. The highest BCUT2D eigenvalue weighted by Crippen LogP contribution is 2.30. The first kappa shape index (κ1) is 11.7. The van der Waals surface area contributed by atoms with Crippen molar-refractivity contribution in [3.05, 3.63) is 34.9 Å². The van der Waals surface area contributed by atoms with Crippen LogP contribution in [0, 0.1) is 0 Å². The molecule has 0 heterocycles. The van der Waals surface area contributed by atoms with Gasteiger partial charge in [-0.1, -0.05) is 30.2 Å². The van der Waals surface area contributed by atoms with Crippen LogP contribution in [0.2, 0.25) is 0 Å². The van der Waals surface area contributed by atoms with E-state index in [1.807, 2.05) is 0 Å². The van der Waals surface area contributed by atoms with Crippen LogP contribution in [-0.2, 0) is 0 Å². The van der Waals surface area contributed by atoms with E-state index >= 15 is 0 Å². The van der Waals surface area contributed by atoms with E-state index in [0.717, 1.165) is 0 Å². The predicted octanol–water partition coefficient (Wildman–Crippen LogP) is 5.32. The Labute approximate surface area is 100 Å². The fraction of sp³-hybridized carbons (Fsp3) is 0.625. The molecule has 16 heavy (non-hydrogen) atoms. The summed E-state index contributed by atoms with van der Waals surface area (Å²) in [6.45, 7) is 2.18. The lowest BCUT2D eigenvalue weighted by atomic mass is 9.97. The van der Waals surface area contributed by atoms with E-state index in [1.165, 1.54) is 57.8 Å². The molecule has 0 fully saturated rings. The molecule has 0 spiro atoms. The van der Waals surface area contributed by atoms with Crippen LogP contribution in [0.5, 0.6) is 0 Å². The van der Waals surface area contributed by atoms with E-state index in [1.54, 1.807) is 16.7 Å². The van der Waals surface area contributed by atoms with Gasteiger partial charge in [0, 0.05) is 0 Å². The Morgan fingerprint density at radius 1 is 0.875 bits per heavy atom. The first-order valence-corrected chi connectivity index (χ1v) is 6.95. The van der Waals surface area contributed by atoms with E-state index in [9.17, 15) is 0 Å². The van der Waals surface area contributed by atoms with Crippen LogP contribution in [0.25, 0.3) is 0 Å². The zero-order valence-electron chi connectivity index (χ0n) is 10.6. The molecule has 0 aliphatic heterocycles. The normalized spacial score (nSPS) is 25.7. The molecule has 0 atom stereocenters. The fourth-order valence-corrected chi connectivity index (χ4v) is 2.80. The molecule has 0 amide bonds. The van der Waals surface area contributed by atoms with Crippen molar-refractivity contribution in [1.82, 2.24) is 0 Å². The van der Waals surface area contributed by atoms with Gasteiger partial charge in [-0.25, -0.2) is 0 Å². The summed E-state index contributed by atoms with van der Waals surface area (Å²) in [5.41, 5.74) is 4.86. The molecule has 88 valence electrons. The molecular formula is C16H24. The summed E-state index contributed by atoms with van der Waals surface area (Å²) >= 11 is 0. The Balaban J connectivity index is 2.16. The molecule has 0 heteroatoms. The van der Waals surface area contributed by atoms with E-state index < -0.39 is 0 Å². The second-order valence-electron chi connectivity index (χ2n) is 5.07. The highest BCUT2D eigenvalue weighted by atomic mass is 14.2. The van der Waals surface area contributed by atoms with Crippen LogP contribution < -0.4 is 0 Å².